The van der Waals surface area contributed by atoms with E-state index < -0.39 is 0 Å². The van der Waals surface area contributed by atoms with Gasteiger partial charge in [0, 0.05) is 26.7 Å². The van der Waals surface area contributed by atoms with Crippen LogP contribution in [-0.2, 0) is 4.74 Å². The molecule has 0 aromatic carbocycles. The fraction of sp³-hybridized carbons (Fsp3) is 1.00. The van der Waals surface area contributed by atoms with Gasteiger partial charge in [-0.25, -0.2) is 0 Å². The largest absolute Gasteiger partial charge is 0.383 e. The van der Waals surface area contributed by atoms with Crippen LogP contribution in [0.4, 0.5) is 0 Å². The highest BCUT2D eigenvalue weighted by atomic mass is 16.5. The Kier molecular flexibility index (Phi) is 5.58. The Morgan fingerprint density at radius 2 is 1.87 bits per heavy atom. The summed E-state index contributed by atoms with van der Waals surface area (Å²) in [5, 5.41) is 3.39. The summed E-state index contributed by atoms with van der Waals surface area (Å²) in [6, 6.07) is 0. The van der Waals surface area contributed by atoms with Crippen LogP contribution in [0.15, 0.2) is 0 Å². The molecule has 0 spiro atoms. The van der Waals surface area contributed by atoms with E-state index in [4.69, 9.17) is 4.74 Å². The average molecular weight is 214 g/mol. The molecule has 0 aromatic heterocycles. The van der Waals surface area contributed by atoms with Crippen LogP contribution < -0.4 is 5.32 Å². The van der Waals surface area contributed by atoms with Crippen molar-refractivity contribution < 1.29 is 4.74 Å². The van der Waals surface area contributed by atoms with Crippen LogP contribution in [0, 0.1) is 5.41 Å². The number of piperidine rings is 1. The SMILES string of the molecule is COCCNCCN1CCC(C)(C)CC1. The minimum absolute atomic E-state index is 0.569. The topological polar surface area (TPSA) is 24.5 Å². The molecule has 0 bridgehead atoms. The second-order valence-electron chi connectivity index (χ2n) is 5.25. The fourth-order valence-electron chi connectivity index (χ4n) is 1.92. The van der Waals surface area contributed by atoms with E-state index in [1.54, 1.807) is 7.11 Å². The Hall–Kier alpha value is -0.120. The molecule has 3 heteroatoms. The predicted molar refractivity (Wildman–Crippen MR) is 64.2 cm³/mol. The summed E-state index contributed by atoms with van der Waals surface area (Å²) in [5.41, 5.74) is 0.569. The van der Waals surface area contributed by atoms with E-state index in [0.29, 0.717) is 5.41 Å². The second-order valence-corrected chi connectivity index (χ2v) is 5.25. The molecule has 0 amide bonds. The van der Waals surface area contributed by atoms with Gasteiger partial charge in [0.1, 0.15) is 0 Å². The molecular formula is C12H26N2O. The van der Waals surface area contributed by atoms with Crippen LogP contribution in [0.25, 0.3) is 0 Å². The number of nitrogens with one attached hydrogen (secondary N) is 1. The number of rotatable bonds is 6. The van der Waals surface area contributed by atoms with Crippen molar-refractivity contribution in [1.82, 2.24) is 10.2 Å². The van der Waals surface area contributed by atoms with Crippen molar-refractivity contribution in [2.75, 3.05) is 46.4 Å². The van der Waals surface area contributed by atoms with Crippen molar-refractivity contribution in [3.8, 4) is 0 Å². The molecule has 0 saturated carbocycles. The van der Waals surface area contributed by atoms with Crippen molar-refractivity contribution in [3.05, 3.63) is 0 Å². The molecule has 0 unspecified atom stereocenters. The third kappa shape index (κ3) is 5.50. The Bertz CT molecular complexity index is 161. The van der Waals surface area contributed by atoms with Gasteiger partial charge in [0.05, 0.1) is 6.61 Å². The van der Waals surface area contributed by atoms with Crippen LogP contribution in [-0.4, -0.2) is 51.3 Å². The molecule has 15 heavy (non-hydrogen) atoms. The van der Waals surface area contributed by atoms with E-state index in [-0.39, 0.29) is 0 Å². The first-order valence-electron chi connectivity index (χ1n) is 6.06. The van der Waals surface area contributed by atoms with Gasteiger partial charge in [-0.2, -0.15) is 0 Å². The maximum atomic E-state index is 4.99. The number of likely N-dealkylation sites (tertiary alicyclic amines) is 1. The monoisotopic (exact) mass is 214 g/mol. The molecular weight excluding hydrogens is 188 g/mol. The van der Waals surface area contributed by atoms with E-state index in [1.807, 2.05) is 0 Å². The number of hydrogen-bond acceptors (Lipinski definition) is 3. The molecule has 1 N–H and O–H groups in total. The zero-order valence-corrected chi connectivity index (χ0v) is 10.5. The van der Waals surface area contributed by atoms with Gasteiger partial charge in [-0.15, -0.1) is 0 Å². The summed E-state index contributed by atoms with van der Waals surface area (Å²) < 4.78 is 4.99. The standard InChI is InChI=1S/C12H26N2O/c1-12(2)4-8-14(9-5-12)10-6-13-7-11-15-3/h13H,4-11H2,1-3H3. The first-order chi connectivity index (χ1) is 7.14. The van der Waals surface area contributed by atoms with E-state index >= 15 is 0 Å². The second kappa shape index (κ2) is 6.46. The fourth-order valence-corrected chi connectivity index (χ4v) is 1.92. The van der Waals surface area contributed by atoms with Crippen LogP contribution >= 0.6 is 0 Å². The lowest BCUT2D eigenvalue weighted by molar-refractivity contribution is 0.132. The maximum Gasteiger partial charge on any atom is 0.0587 e. The van der Waals surface area contributed by atoms with Crippen LogP contribution in [0.3, 0.4) is 0 Å². The first kappa shape index (κ1) is 12.9. The van der Waals surface area contributed by atoms with E-state index in [2.05, 4.69) is 24.1 Å². The summed E-state index contributed by atoms with van der Waals surface area (Å²) in [5.74, 6) is 0. The van der Waals surface area contributed by atoms with Crippen LogP contribution in [0.1, 0.15) is 26.7 Å². The highest BCUT2D eigenvalue weighted by molar-refractivity contribution is 4.78. The van der Waals surface area contributed by atoms with Gasteiger partial charge in [-0.3, -0.25) is 0 Å². The molecule has 1 fully saturated rings. The molecule has 1 saturated heterocycles. The molecule has 1 aliphatic rings. The predicted octanol–water partition coefficient (Wildman–Crippen LogP) is 1.34. The summed E-state index contributed by atoms with van der Waals surface area (Å²) in [7, 11) is 1.74. The zero-order valence-electron chi connectivity index (χ0n) is 10.5. The first-order valence-corrected chi connectivity index (χ1v) is 6.06. The lowest BCUT2D eigenvalue weighted by atomic mass is 9.83. The zero-order chi connectivity index (χ0) is 11.1. The van der Waals surface area contributed by atoms with E-state index in [9.17, 15) is 0 Å². The summed E-state index contributed by atoms with van der Waals surface area (Å²) in [4.78, 5) is 2.56. The molecule has 0 aliphatic carbocycles. The number of methoxy groups -OCH3 is 1. The van der Waals surface area contributed by atoms with Gasteiger partial charge in [0.2, 0.25) is 0 Å². The van der Waals surface area contributed by atoms with Gasteiger partial charge in [0.15, 0.2) is 0 Å². The van der Waals surface area contributed by atoms with E-state index in [0.717, 1.165) is 19.7 Å². The van der Waals surface area contributed by atoms with Crippen molar-refractivity contribution in [3.63, 3.8) is 0 Å². The van der Waals surface area contributed by atoms with Crippen molar-refractivity contribution >= 4 is 0 Å². The Morgan fingerprint density at radius 3 is 2.47 bits per heavy atom. The minimum atomic E-state index is 0.569. The lowest BCUT2D eigenvalue weighted by Gasteiger charge is -2.36. The minimum Gasteiger partial charge on any atom is -0.383 e. The summed E-state index contributed by atoms with van der Waals surface area (Å²) in [6.45, 7) is 11.3. The number of ether oxygens (including phenoxy) is 1. The number of nitrogens with zero attached hydrogens (tertiary/aromatic N) is 1. The highest BCUT2D eigenvalue weighted by Crippen LogP contribution is 2.29. The van der Waals surface area contributed by atoms with E-state index in [1.165, 1.54) is 32.5 Å². The van der Waals surface area contributed by atoms with Gasteiger partial charge in [-0.05, 0) is 31.3 Å². The van der Waals surface area contributed by atoms with Gasteiger partial charge in [0.25, 0.3) is 0 Å². The van der Waals surface area contributed by atoms with Crippen molar-refractivity contribution in [2.24, 2.45) is 5.41 Å². The van der Waals surface area contributed by atoms with Gasteiger partial charge in [-0.1, -0.05) is 13.8 Å². The molecule has 0 radical (unpaired) electrons. The quantitative estimate of drug-likeness (QED) is 0.675. The third-order valence-electron chi connectivity index (χ3n) is 3.30. The molecule has 90 valence electrons. The molecule has 0 atom stereocenters. The molecule has 0 aromatic rings. The Labute approximate surface area is 94.2 Å². The molecule has 1 aliphatic heterocycles. The van der Waals surface area contributed by atoms with Crippen LogP contribution in [0.5, 0.6) is 0 Å². The van der Waals surface area contributed by atoms with Gasteiger partial charge < -0.3 is 15.0 Å². The summed E-state index contributed by atoms with van der Waals surface area (Å²) in [6.07, 6.45) is 2.68. The third-order valence-corrected chi connectivity index (χ3v) is 3.30. The Morgan fingerprint density at radius 1 is 1.20 bits per heavy atom. The van der Waals surface area contributed by atoms with Crippen molar-refractivity contribution in [1.29, 1.82) is 0 Å². The van der Waals surface area contributed by atoms with Crippen LogP contribution in [0.2, 0.25) is 0 Å². The lowest BCUT2D eigenvalue weighted by Crippen LogP contribution is -2.41. The Balaban J connectivity index is 1.99. The highest BCUT2D eigenvalue weighted by Gasteiger charge is 2.24. The van der Waals surface area contributed by atoms with Gasteiger partial charge >= 0.3 is 0 Å². The maximum absolute atomic E-state index is 4.99. The van der Waals surface area contributed by atoms with Crippen molar-refractivity contribution in [2.45, 2.75) is 26.7 Å². The molecule has 1 heterocycles. The normalized spacial score (nSPS) is 21.8. The number of hydrogen-bond donors (Lipinski definition) is 1. The smallest absolute Gasteiger partial charge is 0.0587 e. The average Bonchev–Trinajstić information content (AvgIpc) is 2.20. The molecule has 1 rings (SSSR count). The molecule has 3 nitrogen and oxygen atoms in total. The summed E-state index contributed by atoms with van der Waals surface area (Å²) >= 11 is 0.